The Kier molecular flexibility index (Phi) is 9.07. The van der Waals surface area contributed by atoms with E-state index in [1.54, 1.807) is 0 Å². The first-order chi connectivity index (χ1) is 19.7. The quantitative estimate of drug-likeness (QED) is 0.125. The molecule has 0 bridgehead atoms. The van der Waals surface area contributed by atoms with E-state index in [2.05, 4.69) is 179 Å². The smallest absolute Gasteiger partial charge is 0.123 e. The minimum atomic E-state index is 0.384. The summed E-state index contributed by atoms with van der Waals surface area (Å²) in [5.41, 5.74) is 11.2. The van der Waals surface area contributed by atoms with Gasteiger partial charge in [0.05, 0.1) is 0 Å². The lowest BCUT2D eigenvalue weighted by atomic mass is 9.87. The van der Waals surface area contributed by atoms with Crippen LogP contribution in [0.3, 0.4) is 0 Å². The fourth-order valence-electron chi connectivity index (χ4n) is 5.20. The van der Waals surface area contributed by atoms with Gasteiger partial charge in [-0.2, -0.15) is 0 Å². The first-order valence-electron chi connectivity index (χ1n) is 14.1. The molecule has 1 unspecified atom stereocenters. The standard InChI is InChI=1S/C39H35B/c1-2-32(26-27-40)38(35-12-6-3-7-13-35)28-30-18-22-33(23-19-30)34-24-20-31(21-25-34)29-39(36-14-8-4-9-15-36)37-16-10-5-11-17-37/h2-22,24-29,33H,23,40H2,1H3/b27-26-,32-2+,38-28-. The van der Waals surface area contributed by atoms with Crippen LogP contribution in [-0.2, 0) is 0 Å². The minimum Gasteiger partial charge on any atom is -0.123 e. The van der Waals surface area contributed by atoms with E-state index in [9.17, 15) is 0 Å². The zero-order valence-electron chi connectivity index (χ0n) is 23.4. The zero-order valence-corrected chi connectivity index (χ0v) is 23.4. The van der Waals surface area contributed by atoms with Crippen molar-refractivity contribution in [2.24, 2.45) is 0 Å². The van der Waals surface area contributed by atoms with Crippen LogP contribution in [0.1, 0.15) is 47.1 Å². The molecule has 1 heteroatoms. The molecular weight excluding hydrogens is 479 g/mol. The molecule has 40 heavy (non-hydrogen) atoms. The summed E-state index contributed by atoms with van der Waals surface area (Å²) in [6.45, 7) is 2.11. The Balaban J connectivity index is 1.36. The summed E-state index contributed by atoms with van der Waals surface area (Å²) in [5.74, 6) is 2.49. The molecule has 5 rings (SSSR count). The topological polar surface area (TPSA) is 0 Å². The number of rotatable bonds is 8. The molecule has 0 nitrogen and oxygen atoms in total. The van der Waals surface area contributed by atoms with E-state index < -0.39 is 0 Å². The highest BCUT2D eigenvalue weighted by atomic mass is 14.2. The molecule has 0 heterocycles. The highest BCUT2D eigenvalue weighted by molar-refractivity contribution is 6.17. The summed E-state index contributed by atoms with van der Waals surface area (Å²) in [7, 11) is 2.07. The SMILES string of the molecule is B\C=C/C(=C\C)C(=C/C1=CCC(c2ccc(C=C(c3ccccc3)c3ccccc3)cc2)C=C1)/c1ccccc1. The van der Waals surface area contributed by atoms with Gasteiger partial charge in [0.25, 0.3) is 0 Å². The summed E-state index contributed by atoms with van der Waals surface area (Å²) in [5, 5.41) is 0. The van der Waals surface area contributed by atoms with Gasteiger partial charge in [-0.25, -0.2) is 0 Å². The summed E-state index contributed by atoms with van der Waals surface area (Å²) < 4.78 is 0. The second-order valence-electron chi connectivity index (χ2n) is 10.0. The van der Waals surface area contributed by atoms with E-state index >= 15 is 0 Å². The van der Waals surface area contributed by atoms with E-state index in [1.165, 1.54) is 50.1 Å². The van der Waals surface area contributed by atoms with Gasteiger partial charge < -0.3 is 0 Å². The Morgan fingerprint density at radius 3 is 1.77 bits per heavy atom. The first kappa shape index (κ1) is 27.0. The van der Waals surface area contributed by atoms with Crippen LogP contribution in [0.2, 0.25) is 0 Å². The minimum absolute atomic E-state index is 0.384. The van der Waals surface area contributed by atoms with E-state index in [0.717, 1.165) is 6.42 Å². The largest absolute Gasteiger partial charge is 0.129 e. The first-order valence-corrected chi connectivity index (χ1v) is 14.1. The Morgan fingerprint density at radius 1 is 0.700 bits per heavy atom. The predicted molar refractivity (Wildman–Crippen MR) is 177 cm³/mol. The Hall–Kier alpha value is -4.62. The number of allylic oxidation sites excluding steroid dienone is 9. The van der Waals surface area contributed by atoms with Crippen LogP contribution < -0.4 is 0 Å². The Labute approximate surface area is 240 Å². The molecule has 1 aliphatic rings. The second-order valence-corrected chi connectivity index (χ2v) is 10.0. The van der Waals surface area contributed by atoms with Crippen molar-refractivity contribution in [3.8, 4) is 0 Å². The van der Waals surface area contributed by atoms with Crippen LogP contribution in [0.4, 0.5) is 0 Å². The second kappa shape index (κ2) is 13.4. The third-order valence-corrected chi connectivity index (χ3v) is 7.34. The average molecular weight is 515 g/mol. The molecule has 0 saturated carbocycles. The molecule has 4 aromatic carbocycles. The number of hydrogen-bond acceptors (Lipinski definition) is 0. The van der Waals surface area contributed by atoms with E-state index in [-0.39, 0.29) is 0 Å². The normalized spacial score (nSPS) is 15.6. The van der Waals surface area contributed by atoms with Crippen molar-refractivity contribution in [3.05, 3.63) is 197 Å². The number of hydrogen-bond donors (Lipinski definition) is 0. The maximum absolute atomic E-state index is 2.37. The molecule has 0 spiro atoms. The summed E-state index contributed by atoms with van der Waals surface area (Å²) in [4.78, 5) is 0. The predicted octanol–water partition coefficient (Wildman–Crippen LogP) is 9.42. The lowest BCUT2D eigenvalue weighted by Crippen LogP contribution is -1.99. The molecular formula is C39H35B. The molecule has 1 atom stereocenters. The molecule has 0 fully saturated rings. The summed E-state index contributed by atoms with van der Waals surface area (Å²) in [6.07, 6.45) is 17.0. The van der Waals surface area contributed by atoms with Crippen LogP contribution in [0.25, 0.3) is 17.2 Å². The average Bonchev–Trinajstić information content (AvgIpc) is 3.03. The molecule has 194 valence electrons. The van der Waals surface area contributed by atoms with Gasteiger partial charge in [-0.3, -0.25) is 0 Å². The zero-order chi connectivity index (χ0) is 27.6. The van der Waals surface area contributed by atoms with Crippen LogP contribution >= 0.6 is 0 Å². The lowest BCUT2D eigenvalue weighted by Gasteiger charge is -2.17. The monoisotopic (exact) mass is 514 g/mol. The fraction of sp³-hybridized carbons (Fsp3) is 0.0769. The Bertz CT molecular complexity index is 1540. The van der Waals surface area contributed by atoms with Crippen LogP contribution in [0.5, 0.6) is 0 Å². The van der Waals surface area contributed by atoms with Crippen LogP contribution in [0.15, 0.2) is 169 Å². The van der Waals surface area contributed by atoms with Gasteiger partial charge in [-0.15, -0.1) is 5.98 Å². The van der Waals surface area contributed by atoms with Gasteiger partial charge in [-0.05, 0) is 75.6 Å². The summed E-state index contributed by atoms with van der Waals surface area (Å²) in [6, 6.07) is 41.0. The Morgan fingerprint density at radius 2 is 1.27 bits per heavy atom. The number of benzene rings is 4. The molecule has 0 aliphatic heterocycles. The van der Waals surface area contributed by atoms with Crippen molar-refractivity contribution in [1.29, 1.82) is 0 Å². The van der Waals surface area contributed by atoms with Crippen molar-refractivity contribution < 1.29 is 0 Å². The fourth-order valence-corrected chi connectivity index (χ4v) is 5.20. The van der Waals surface area contributed by atoms with Gasteiger partial charge in [-0.1, -0.05) is 146 Å². The molecule has 0 amide bonds. The molecule has 0 N–H and O–H groups in total. The highest BCUT2D eigenvalue weighted by Gasteiger charge is 2.13. The van der Waals surface area contributed by atoms with Crippen molar-refractivity contribution in [3.63, 3.8) is 0 Å². The van der Waals surface area contributed by atoms with Gasteiger partial charge >= 0.3 is 0 Å². The van der Waals surface area contributed by atoms with E-state index in [4.69, 9.17) is 0 Å². The maximum atomic E-state index is 2.37. The summed E-state index contributed by atoms with van der Waals surface area (Å²) >= 11 is 0. The van der Waals surface area contributed by atoms with Gasteiger partial charge in [0.1, 0.15) is 7.85 Å². The third-order valence-electron chi connectivity index (χ3n) is 7.34. The molecule has 4 aromatic rings. The molecule has 0 aromatic heterocycles. The van der Waals surface area contributed by atoms with Gasteiger partial charge in [0.2, 0.25) is 0 Å². The van der Waals surface area contributed by atoms with Crippen molar-refractivity contribution in [2.75, 3.05) is 0 Å². The van der Waals surface area contributed by atoms with Gasteiger partial charge in [0.15, 0.2) is 0 Å². The molecule has 0 radical (unpaired) electrons. The third kappa shape index (κ3) is 6.68. The molecule has 1 aliphatic carbocycles. The highest BCUT2D eigenvalue weighted by Crippen LogP contribution is 2.32. The lowest BCUT2D eigenvalue weighted by molar-refractivity contribution is 0.848. The van der Waals surface area contributed by atoms with E-state index in [1.807, 2.05) is 0 Å². The van der Waals surface area contributed by atoms with E-state index in [0.29, 0.717) is 5.92 Å². The van der Waals surface area contributed by atoms with Crippen molar-refractivity contribution in [1.82, 2.24) is 0 Å². The molecule has 0 saturated heterocycles. The maximum Gasteiger partial charge on any atom is 0.129 e. The van der Waals surface area contributed by atoms with Crippen LogP contribution in [0, 0.1) is 0 Å². The van der Waals surface area contributed by atoms with Crippen LogP contribution in [-0.4, -0.2) is 7.85 Å². The van der Waals surface area contributed by atoms with Gasteiger partial charge in [0, 0.05) is 5.92 Å². The van der Waals surface area contributed by atoms with Crippen molar-refractivity contribution in [2.45, 2.75) is 19.3 Å². The van der Waals surface area contributed by atoms with Crippen molar-refractivity contribution >= 4 is 25.1 Å².